The van der Waals surface area contributed by atoms with Crippen molar-refractivity contribution in [3.63, 3.8) is 0 Å². The molecule has 0 saturated carbocycles. The van der Waals surface area contributed by atoms with Crippen LogP contribution in [0.1, 0.15) is 16.9 Å². The average molecular weight is 445 g/mol. The molecule has 0 aliphatic carbocycles. The summed E-state index contributed by atoms with van der Waals surface area (Å²) in [6.45, 7) is 3.27. The van der Waals surface area contributed by atoms with E-state index in [9.17, 15) is 0 Å². The van der Waals surface area contributed by atoms with Crippen LogP contribution in [0.3, 0.4) is 0 Å². The number of anilines is 1. The predicted octanol–water partition coefficient (Wildman–Crippen LogP) is 5.76. The minimum Gasteiger partial charge on any atom is -0.495 e. The first-order valence-corrected chi connectivity index (χ1v) is 9.72. The van der Waals surface area contributed by atoms with Crippen molar-refractivity contribution in [3.8, 4) is 5.75 Å². The molecule has 0 spiro atoms. The van der Waals surface area contributed by atoms with Gasteiger partial charge in [-0.2, -0.15) is 0 Å². The van der Waals surface area contributed by atoms with Crippen LogP contribution in [-0.4, -0.2) is 17.1 Å². The smallest absolute Gasteiger partial charge is 0.174 e. The Morgan fingerprint density at radius 3 is 2.59 bits per heavy atom. The molecule has 0 aliphatic heterocycles. The highest BCUT2D eigenvalue weighted by Crippen LogP contribution is 2.26. The van der Waals surface area contributed by atoms with Crippen molar-refractivity contribution in [2.24, 2.45) is 0 Å². The number of methoxy groups -OCH3 is 1. The Balaban J connectivity index is 1.81. The van der Waals surface area contributed by atoms with Crippen LogP contribution in [0, 0.1) is 6.92 Å². The van der Waals surface area contributed by atoms with Gasteiger partial charge >= 0.3 is 0 Å². The fourth-order valence-electron chi connectivity index (χ4n) is 2.71. The number of aryl methyl sites for hydroxylation is 1. The molecule has 0 saturated heterocycles. The zero-order valence-electron chi connectivity index (χ0n) is 15.2. The van der Waals surface area contributed by atoms with Crippen molar-refractivity contribution in [3.05, 3.63) is 82.2 Å². The third-order valence-electron chi connectivity index (χ3n) is 4.10. The van der Waals surface area contributed by atoms with E-state index in [0.29, 0.717) is 18.2 Å². The Kier molecular flexibility index (Phi) is 6.53. The highest BCUT2D eigenvalue weighted by molar-refractivity contribution is 9.10. The standard InChI is InChI=1S/C21H21BrN2O2S/c1-15-5-10-20(25-2)19(12-15)23-21(27)24(14-18-4-3-11-26-18)13-16-6-8-17(22)9-7-16/h3-12H,13-14H2,1-2H3,(H,23,27). The monoisotopic (exact) mass is 444 g/mol. The van der Waals surface area contributed by atoms with Gasteiger partial charge in [-0.3, -0.25) is 0 Å². The highest BCUT2D eigenvalue weighted by Gasteiger charge is 2.15. The van der Waals surface area contributed by atoms with Gasteiger partial charge in [-0.25, -0.2) is 0 Å². The van der Waals surface area contributed by atoms with Gasteiger partial charge in [0.25, 0.3) is 0 Å². The summed E-state index contributed by atoms with van der Waals surface area (Å²) in [5, 5.41) is 3.94. The van der Waals surface area contributed by atoms with Gasteiger partial charge in [-0.15, -0.1) is 0 Å². The van der Waals surface area contributed by atoms with Gasteiger partial charge in [0.05, 0.1) is 25.6 Å². The molecule has 0 amide bonds. The molecule has 1 heterocycles. The number of hydrogen-bond donors (Lipinski definition) is 1. The van der Waals surface area contributed by atoms with Crippen LogP contribution in [0.25, 0.3) is 0 Å². The van der Waals surface area contributed by atoms with Gasteiger partial charge in [-0.1, -0.05) is 34.1 Å². The normalized spacial score (nSPS) is 10.5. The number of nitrogens with one attached hydrogen (secondary N) is 1. The van der Waals surface area contributed by atoms with Gasteiger partial charge in [-0.05, 0) is 66.7 Å². The Hall–Kier alpha value is -2.31. The maximum absolute atomic E-state index is 5.71. The molecule has 2 aromatic carbocycles. The quantitative estimate of drug-likeness (QED) is 0.489. The lowest BCUT2D eigenvalue weighted by Crippen LogP contribution is -2.33. The van der Waals surface area contributed by atoms with Crippen LogP contribution in [0.4, 0.5) is 5.69 Å². The molecule has 3 rings (SSSR count). The van der Waals surface area contributed by atoms with E-state index in [4.69, 9.17) is 21.4 Å². The Labute approximate surface area is 173 Å². The molecule has 0 aliphatic rings. The zero-order chi connectivity index (χ0) is 19.2. The molecule has 0 unspecified atom stereocenters. The molecule has 0 bridgehead atoms. The first-order chi connectivity index (χ1) is 13.0. The molecule has 1 aromatic heterocycles. The number of nitrogens with zero attached hydrogens (tertiary/aromatic N) is 1. The van der Waals surface area contributed by atoms with E-state index in [2.05, 4.69) is 38.3 Å². The van der Waals surface area contributed by atoms with E-state index in [1.807, 2.05) is 49.4 Å². The van der Waals surface area contributed by atoms with Crippen molar-refractivity contribution in [1.29, 1.82) is 0 Å². The molecule has 0 fully saturated rings. The fourth-order valence-corrected chi connectivity index (χ4v) is 3.22. The molecule has 0 atom stereocenters. The van der Waals surface area contributed by atoms with Crippen LogP contribution >= 0.6 is 28.1 Å². The first-order valence-electron chi connectivity index (χ1n) is 8.52. The van der Waals surface area contributed by atoms with Crippen molar-refractivity contribution in [1.82, 2.24) is 4.90 Å². The van der Waals surface area contributed by atoms with Gasteiger partial charge in [0.2, 0.25) is 0 Å². The van der Waals surface area contributed by atoms with Gasteiger partial charge in [0, 0.05) is 11.0 Å². The van der Waals surface area contributed by atoms with E-state index in [0.717, 1.165) is 32.8 Å². The summed E-state index contributed by atoms with van der Waals surface area (Å²) in [6, 6.07) is 18.0. The maximum Gasteiger partial charge on any atom is 0.174 e. The average Bonchev–Trinajstić information content (AvgIpc) is 3.16. The number of furan rings is 1. The summed E-state index contributed by atoms with van der Waals surface area (Å²) < 4.78 is 12.0. The fraction of sp³-hybridized carbons (Fsp3) is 0.190. The van der Waals surface area contributed by atoms with Crippen molar-refractivity contribution in [2.45, 2.75) is 20.0 Å². The largest absolute Gasteiger partial charge is 0.495 e. The van der Waals surface area contributed by atoms with E-state index in [-0.39, 0.29) is 0 Å². The van der Waals surface area contributed by atoms with Gasteiger partial charge in [0.15, 0.2) is 5.11 Å². The summed E-state index contributed by atoms with van der Waals surface area (Å²) >= 11 is 9.19. The summed E-state index contributed by atoms with van der Waals surface area (Å²) in [5.41, 5.74) is 3.14. The second kappa shape index (κ2) is 9.06. The van der Waals surface area contributed by atoms with E-state index < -0.39 is 0 Å². The number of thiocarbonyl (C=S) groups is 1. The lowest BCUT2D eigenvalue weighted by molar-refractivity contribution is 0.360. The molecule has 3 aromatic rings. The zero-order valence-corrected chi connectivity index (χ0v) is 17.6. The molecule has 6 heteroatoms. The number of halogens is 1. The predicted molar refractivity (Wildman–Crippen MR) is 116 cm³/mol. The summed E-state index contributed by atoms with van der Waals surface area (Å²) in [6.07, 6.45) is 1.67. The topological polar surface area (TPSA) is 37.6 Å². The number of hydrogen-bond acceptors (Lipinski definition) is 3. The second-order valence-electron chi connectivity index (χ2n) is 6.20. The van der Waals surface area contributed by atoms with Crippen LogP contribution < -0.4 is 10.1 Å². The van der Waals surface area contributed by atoms with Crippen LogP contribution in [0.2, 0.25) is 0 Å². The molecule has 140 valence electrons. The van der Waals surface area contributed by atoms with Crippen LogP contribution in [0.5, 0.6) is 5.75 Å². The van der Waals surface area contributed by atoms with Gasteiger partial charge in [0.1, 0.15) is 11.5 Å². The number of ether oxygens (including phenoxy) is 1. The highest BCUT2D eigenvalue weighted by atomic mass is 79.9. The van der Waals surface area contributed by atoms with E-state index in [1.165, 1.54) is 0 Å². The number of rotatable bonds is 6. The Bertz CT molecular complexity index is 895. The summed E-state index contributed by atoms with van der Waals surface area (Å²) in [7, 11) is 1.65. The Morgan fingerprint density at radius 1 is 1.15 bits per heavy atom. The summed E-state index contributed by atoms with van der Waals surface area (Å²) in [5.74, 6) is 1.61. The third kappa shape index (κ3) is 5.34. The molecule has 4 nitrogen and oxygen atoms in total. The minimum absolute atomic E-state index is 0.572. The molecular formula is C21H21BrN2O2S. The third-order valence-corrected chi connectivity index (χ3v) is 4.99. The lowest BCUT2D eigenvalue weighted by atomic mass is 10.2. The van der Waals surface area contributed by atoms with Crippen molar-refractivity contribution in [2.75, 3.05) is 12.4 Å². The molecule has 1 N–H and O–H groups in total. The lowest BCUT2D eigenvalue weighted by Gasteiger charge is -2.26. The van der Waals surface area contributed by atoms with Crippen LogP contribution in [-0.2, 0) is 13.1 Å². The summed E-state index contributed by atoms with van der Waals surface area (Å²) in [4.78, 5) is 2.07. The number of benzene rings is 2. The minimum atomic E-state index is 0.572. The molecule has 0 radical (unpaired) electrons. The van der Waals surface area contributed by atoms with Crippen molar-refractivity contribution >= 4 is 38.9 Å². The second-order valence-corrected chi connectivity index (χ2v) is 7.50. The van der Waals surface area contributed by atoms with E-state index in [1.54, 1.807) is 13.4 Å². The molecular weight excluding hydrogens is 424 g/mol. The van der Waals surface area contributed by atoms with E-state index >= 15 is 0 Å². The Morgan fingerprint density at radius 2 is 1.93 bits per heavy atom. The SMILES string of the molecule is COc1ccc(C)cc1NC(=S)N(Cc1ccc(Br)cc1)Cc1ccco1. The molecule has 27 heavy (non-hydrogen) atoms. The first kappa shape index (κ1) is 19.5. The van der Waals surface area contributed by atoms with Gasteiger partial charge < -0.3 is 19.4 Å². The van der Waals surface area contributed by atoms with Crippen LogP contribution in [0.15, 0.2) is 69.8 Å². The van der Waals surface area contributed by atoms with Crippen molar-refractivity contribution < 1.29 is 9.15 Å². The maximum atomic E-state index is 5.71.